The van der Waals surface area contributed by atoms with E-state index in [4.69, 9.17) is 4.74 Å². The summed E-state index contributed by atoms with van der Waals surface area (Å²) in [5.41, 5.74) is 1.01. The number of carbonyl (C=O) groups is 3. The molecule has 1 N–H and O–H groups in total. The smallest absolute Gasteiger partial charge is 0.410 e. The summed E-state index contributed by atoms with van der Waals surface area (Å²) in [6.45, 7) is 6.58. The molecule has 13 heteroatoms. The highest BCUT2D eigenvalue weighted by atomic mass is 19.3. The van der Waals surface area contributed by atoms with Crippen LogP contribution in [0.2, 0.25) is 0 Å². The van der Waals surface area contributed by atoms with Crippen molar-refractivity contribution in [1.29, 1.82) is 0 Å². The summed E-state index contributed by atoms with van der Waals surface area (Å²) in [5, 5.41) is 2.31. The number of imide groups is 1. The number of hydrogen-bond donors (Lipinski definition) is 1. The van der Waals surface area contributed by atoms with Gasteiger partial charge in [-0.3, -0.25) is 28.9 Å². The highest BCUT2D eigenvalue weighted by Crippen LogP contribution is 2.34. The van der Waals surface area contributed by atoms with Gasteiger partial charge in [0.05, 0.1) is 23.6 Å². The maximum absolute atomic E-state index is 15.2. The third-order valence-electron chi connectivity index (χ3n) is 7.93. The quantitative estimate of drug-likeness (QED) is 0.571. The van der Waals surface area contributed by atoms with E-state index in [2.05, 4.69) is 10.2 Å². The van der Waals surface area contributed by atoms with Crippen LogP contribution >= 0.6 is 0 Å². The van der Waals surface area contributed by atoms with Crippen LogP contribution in [0.25, 0.3) is 11.0 Å². The van der Waals surface area contributed by atoms with Crippen molar-refractivity contribution in [3.8, 4) is 0 Å². The lowest BCUT2D eigenvalue weighted by Gasteiger charge is -2.46. The number of fused-ring (bicyclic) bond motifs is 1. The third kappa shape index (κ3) is 5.30. The van der Waals surface area contributed by atoms with Crippen molar-refractivity contribution in [3.63, 3.8) is 0 Å². The average molecular weight is 563 g/mol. The number of hydrogen-bond acceptors (Lipinski definition) is 7. The minimum atomic E-state index is -3.06. The molecule has 2 aromatic rings. The number of amides is 3. The first kappa shape index (κ1) is 28.1. The fourth-order valence-corrected chi connectivity index (χ4v) is 5.93. The van der Waals surface area contributed by atoms with Gasteiger partial charge in [-0.2, -0.15) is 0 Å². The molecular weight excluding hydrogens is 526 g/mol. The van der Waals surface area contributed by atoms with Crippen LogP contribution in [0.5, 0.6) is 0 Å². The molecule has 0 bridgehead atoms. The summed E-state index contributed by atoms with van der Waals surface area (Å²) in [6, 6.07) is 3.82. The van der Waals surface area contributed by atoms with Crippen LogP contribution in [-0.2, 0) is 21.4 Å². The van der Waals surface area contributed by atoms with Crippen LogP contribution in [-0.4, -0.2) is 93.7 Å². The number of nitrogens with one attached hydrogen (secondary N) is 1. The number of alkyl halides is 2. The van der Waals surface area contributed by atoms with Crippen molar-refractivity contribution < 1.29 is 27.9 Å². The van der Waals surface area contributed by atoms with Gasteiger partial charge in [-0.15, -0.1) is 0 Å². The molecule has 0 spiro atoms. The van der Waals surface area contributed by atoms with Crippen molar-refractivity contribution in [2.75, 3.05) is 44.2 Å². The number of anilines is 1. The van der Waals surface area contributed by atoms with Crippen molar-refractivity contribution in [2.24, 2.45) is 7.05 Å². The molecule has 3 amide bonds. The molecule has 3 fully saturated rings. The molecule has 11 nitrogen and oxygen atoms in total. The van der Waals surface area contributed by atoms with Crippen LogP contribution in [0.15, 0.2) is 23.0 Å². The Hall–Kier alpha value is -3.48. The molecule has 1 unspecified atom stereocenters. The molecule has 0 saturated carbocycles. The molecule has 2 atom stereocenters. The largest absolute Gasteiger partial charge is 0.444 e. The van der Waals surface area contributed by atoms with Gasteiger partial charge in [0.1, 0.15) is 11.6 Å². The Morgan fingerprint density at radius 1 is 1.02 bits per heavy atom. The molecule has 5 rings (SSSR count). The number of piperidine rings is 2. The standard InChI is InChI=1S/C27H36F2N6O5/c1-26(2,3)40-25(39)34-10-9-21(27(28,29)16-34)33-13-11-32(12-14-33)17-5-6-18-20(15-17)31(4)24(38)35(18)19-7-8-22(36)30-23(19)37/h5-6,15,19,21H,7-14,16H2,1-4H3,(H,30,36,37)/t19?,21-/m0/s1. The van der Waals surface area contributed by atoms with Gasteiger partial charge >= 0.3 is 11.8 Å². The van der Waals surface area contributed by atoms with Gasteiger partial charge in [0.25, 0.3) is 5.92 Å². The molecule has 1 aromatic carbocycles. The zero-order chi connectivity index (χ0) is 29.0. The number of carbonyl (C=O) groups excluding carboxylic acids is 3. The van der Waals surface area contributed by atoms with E-state index in [0.29, 0.717) is 37.2 Å². The number of benzene rings is 1. The zero-order valence-corrected chi connectivity index (χ0v) is 23.3. The van der Waals surface area contributed by atoms with Crippen molar-refractivity contribution in [1.82, 2.24) is 24.3 Å². The Labute approximate surface area is 230 Å². The highest BCUT2D eigenvalue weighted by molar-refractivity contribution is 6.00. The Morgan fingerprint density at radius 3 is 2.35 bits per heavy atom. The molecule has 40 heavy (non-hydrogen) atoms. The zero-order valence-electron chi connectivity index (χ0n) is 23.3. The first-order chi connectivity index (χ1) is 18.7. The first-order valence-electron chi connectivity index (χ1n) is 13.6. The van der Waals surface area contributed by atoms with Gasteiger partial charge in [-0.05, 0) is 51.8 Å². The molecule has 3 aliphatic rings. The molecule has 1 aromatic heterocycles. The Kier molecular flexibility index (Phi) is 7.13. The second-order valence-electron chi connectivity index (χ2n) is 11.8. The minimum absolute atomic E-state index is 0.161. The van der Waals surface area contributed by atoms with Crippen LogP contribution < -0.4 is 15.9 Å². The van der Waals surface area contributed by atoms with E-state index in [1.54, 1.807) is 38.8 Å². The number of likely N-dealkylation sites (tertiary alicyclic amines) is 1. The summed E-state index contributed by atoms with van der Waals surface area (Å²) < 4.78 is 38.6. The molecule has 0 aliphatic carbocycles. The van der Waals surface area contributed by atoms with Gasteiger partial charge in [-0.25, -0.2) is 18.4 Å². The van der Waals surface area contributed by atoms with E-state index in [1.807, 2.05) is 12.1 Å². The third-order valence-corrected chi connectivity index (χ3v) is 7.93. The predicted octanol–water partition coefficient (Wildman–Crippen LogP) is 2.08. The fraction of sp³-hybridized carbons (Fsp3) is 0.630. The molecule has 3 saturated heterocycles. The van der Waals surface area contributed by atoms with E-state index in [0.717, 1.165) is 10.6 Å². The van der Waals surface area contributed by atoms with Gasteiger partial charge in [0, 0.05) is 51.9 Å². The van der Waals surface area contributed by atoms with E-state index in [-0.39, 0.29) is 37.4 Å². The average Bonchev–Trinajstić information content (AvgIpc) is 3.12. The van der Waals surface area contributed by atoms with E-state index in [9.17, 15) is 19.2 Å². The molecular formula is C27H36F2N6O5. The summed E-state index contributed by atoms with van der Waals surface area (Å²) >= 11 is 0. The SMILES string of the molecule is Cn1c(=O)n(C2CCC(=O)NC2=O)c2ccc(N3CCN([C@H]4CCN(C(=O)OC(C)(C)C)CC4(F)F)CC3)cc21. The predicted molar refractivity (Wildman–Crippen MR) is 144 cm³/mol. The van der Waals surface area contributed by atoms with Crippen molar-refractivity contribution >= 4 is 34.6 Å². The normalized spacial score (nSPS) is 24.4. The molecule has 0 radical (unpaired) electrons. The summed E-state index contributed by atoms with van der Waals surface area (Å²) in [4.78, 5) is 54.4. The summed E-state index contributed by atoms with van der Waals surface area (Å²) in [5.74, 6) is -3.89. The first-order valence-corrected chi connectivity index (χ1v) is 13.6. The Balaban J connectivity index is 1.26. The summed E-state index contributed by atoms with van der Waals surface area (Å²) in [7, 11) is 1.64. The minimum Gasteiger partial charge on any atom is -0.444 e. The lowest BCUT2D eigenvalue weighted by molar-refractivity contribution is -0.135. The van der Waals surface area contributed by atoms with E-state index in [1.165, 1.54) is 9.13 Å². The highest BCUT2D eigenvalue weighted by Gasteiger charge is 2.49. The van der Waals surface area contributed by atoms with Crippen LogP contribution in [0.1, 0.15) is 46.1 Å². The van der Waals surface area contributed by atoms with Gasteiger partial charge in [-0.1, -0.05) is 0 Å². The number of nitrogens with zero attached hydrogens (tertiary/aromatic N) is 5. The second-order valence-corrected chi connectivity index (χ2v) is 11.8. The number of aromatic nitrogens is 2. The molecule has 4 heterocycles. The Bertz CT molecular complexity index is 1390. The summed E-state index contributed by atoms with van der Waals surface area (Å²) in [6.07, 6.45) is -0.129. The monoisotopic (exact) mass is 562 g/mol. The second kappa shape index (κ2) is 10.2. The molecule has 3 aliphatic heterocycles. The van der Waals surface area contributed by atoms with Gasteiger partial charge in [0.2, 0.25) is 11.8 Å². The van der Waals surface area contributed by atoms with Crippen LogP contribution in [0.3, 0.4) is 0 Å². The topological polar surface area (TPSA) is 109 Å². The lowest BCUT2D eigenvalue weighted by Crippen LogP contribution is -2.62. The maximum atomic E-state index is 15.2. The number of piperazine rings is 1. The number of halogens is 2. The lowest BCUT2D eigenvalue weighted by atomic mass is 9.98. The number of aryl methyl sites for hydroxylation is 1. The van der Waals surface area contributed by atoms with Gasteiger partial charge < -0.3 is 14.5 Å². The number of rotatable bonds is 3. The maximum Gasteiger partial charge on any atom is 0.410 e. The van der Waals surface area contributed by atoms with Crippen molar-refractivity contribution in [3.05, 3.63) is 28.7 Å². The van der Waals surface area contributed by atoms with Crippen LogP contribution in [0, 0.1) is 0 Å². The number of imidazole rings is 1. The van der Waals surface area contributed by atoms with E-state index >= 15 is 8.78 Å². The van der Waals surface area contributed by atoms with E-state index < -0.39 is 42.2 Å². The molecule has 218 valence electrons. The fourth-order valence-electron chi connectivity index (χ4n) is 5.93. The van der Waals surface area contributed by atoms with Crippen LogP contribution in [0.4, 0.5) is 19.3 Å². The Morgan fingerprint density at radius 2 is 1.73 bits per heavy atom. The number of ether oxygens (including phenoxy) is 1. The van der Waals surface area contributed by atoms with Gasteiger partial charge in [0.15, 0.2) is 0 Å². The van der Waals surface area contributed by atoms with Crippen molar-refractivity contribution in [2.45, 2.75) is 63.6 Å².